The summed E-state index contributed by atoms with van der Waals surface area (Å²) in [5.74, 6) is 0. The first kappa shape index (κ1) is 15.5. The molecule has 0 bridgehead atoms. The van der Waals surface area contributed by atoms with E-state index in [0.717, 1.165) is 0 Å². The highest BCUT2D eigenvalue weighted by Crippen LogP contribution is 2.59. The molecule has 2 atom stereocenters. The first-order chi connectivity index (χ1) is 6.99. The molecule has 4 nitrogen and oxygen atoms in total. The number of ether oxygens (including phenoxy) is 1. The molecule has 0 rings (SSSR count). The SMILES string of the molecule is COCCOP(F)N=[P+](F)N(F)P(F)F. The normalized spacial score (nSPS) is 15.1. The molecule has 0 amide bonds. The van der Waals surface area contributed by atoms with Gasteiger partial charge in [-0.1, -0.05) is 4.48 Å². The Hall–Kier alpha value is 0.490. The minimum Gasteiger partial charge on any atom is -0.382 e. The van der Waals surface area contributed by atoms with Crippen molar-refractivity contribution in [1.82, 2.24) is 4.66 Å². The molecule has 2 unspecified atom stereocenters. The Kier molecular flexibility index (Phi) is 8.90. The van der Waals surface area contributed by atoms with Crippen molar-refractivity contribution >= 4 is 25.5 Å². The van der Waals surface area contributed by atoms with Crippen molar-refractivity contribution < 1.29 is 30.5 Å². The van der Waals surface area contributed by atoms with Crippen LogP contribution in [0.2, 0.25) is 0 Å². The van der Waals surface area contributed by atoms with Gasteiger partial charge in [-0.15, -0.1) is 0 Å². The first-order valence-corrected chi connectivity index (χ1v) is 6.63. The average molecular weight is 291 g/mol. The summed E-state index contributed by atoms with van der Waals surface area (Å²) in [6.45, 7) is -0.168. The topological polar surface area (TPSA) is 34.1 Å². The predicted octanol–water partition coefficient (Wildman–Crippen LogP) is 4.66. The fourth-order valence-corrected chi connectivity index (χ4v) is 2.30. The fraction of sp³-hybridized carbons (Fsp3) is 1.00. The van der Waals surface area contributed by atoms with Gasteiger partial charge in [0.15, 0.2) is 4.66 Å². The molecule has 12 heteroatoms. The van der Waals surface area contributed by atoms with Crippen molar-refractivity contribution in [2.24, 2.45) is 4.52 Å². The Morgan fingerprint density at radius 1 is 1.33 bits per heavy atom. The second kappa shape index (κ2) is 8.62. The van der Waals surface area contributed by atoms with Crippen LogP contribution in [0, 0.1) is 0 Å². The molecule has 0 N–H and O–H groups in total. The summed E-state index contributed by atoms with van der Waals surface area (Å²) in [6.07, 6.45) is 0. The molecule has 0 radical (unpaired) electrons. The Morgan fingerprint density at radius 2 is 1.93 bits per heavy atom. The summed E-state index contributed by atoms with van der Waals surface area (Å²) in [5.41, 5.74) is 0. The van der Waals surface area contributed by atoms with Gasteiger partial charge in [-0.3, -0.25) is 0 Å². The quantitative estimate of drug-likeness (QED) is 0.296. The standard InChI is InChI=1S/C3H7F5N2O2P3/c1-11-2-3-12-15(8)9-14(7)10(4)13(5)6/h2-3H2,1H3/q+1. The van der Waals surface area contributed by atoms with E-state index in [2.05, 4.69) is 13.8 Å². The lowest BCUT2D eigenvalue weighted by Gasteiger charge is -1.99. The maximum Gasteiger partial charge on any atom is 0.577 e. The summed E-state index contributed by atoms with van der Waals surface area (Å²) in [6, 6.07) is 0. The van der Waals surface area contributed by atoms with Crippen molar-refractivity contribution in [2.45, 2.75) is 0 Å². The monoisotopic (exact) mass is 291 g/mol. The van der Waals surface area contributed by atoms with Crippen LogP contribution < -0.4 is 0 Å². The van der Waals surface area contributed by atoms with Crippen molar-refractivity contribution in [3.8, 4) is 0 Å². The molecule has 0 aromatic carbocycles. The third-order valence-electron chi connectivity index (χ3n) is 0.890. The van der Waals surface area contributed by atoms with Gasteiger partial charge >= 0.3 is 25.5 Å². The predicted molar refractivity (Wildman–Crippen MR) is 48.4 cm³/mol. The highest BCUT2D eigenvalue weighted by atomic mass is 31.2. The molecular formula is C3H7F5N2O2P3+. The molecule has 0 saturated heterocycles. The highest BCUT2D eigenvalue weighted by Gasteiger charge is 2.39. The molecule has 0 spiro atoms. The van der Waals surface area contributed by atoms with Gasteiger partial charge in [-0.25, -0.2) is 0 Å². The number of hydrogen-bond acceptors (Lipinski definition) is 3. The van der Waals surface area contributed by atoms with Gasteiger partial charge in [0.2, 0.25) is 0 Å². The molecule has 15 heavy (non-hydrogen) atoms. The van der Waals surface area contributed by atoms with E-state index in [1.807, 2.05) is 0 Å². The maximum absolute atomic E-state index is 12.6. The lowest BCUT2D eigenvalue weighted by molar-refractivity contribution is 0.150. The zero-order chi connectivity index (χ0) is 11.8. The van der Waals surface area contributed by atoms with E-state index in [1.54, 1.807) is 0 Å². The molecule has 90 valence electrons. The molecule has 0 heterocycles. The molecule has 0 fully saturated rings. The first-order valence-electron chi connectivity index (χ1n) is 3.31. The highest BCUT2D eigenvalue weighted by molar-refractivity contribution is 7.61. The van der Waals surface area contributed by atoms with Crippen LogP contribution in [-0.4, -0.2) is 25.0 Å². The van der Waals surface area contributed by atoms with E-state index in [1.165, 1.54) is 7.11 Å². The number of halogens is 5. The van der Waals surface area contributed by atoms with Gasteiger partial charge in [-0.05, 0) is 0 Å². The molecular weight excluding hydrogens is 284 g/mol. The minimum atomic E-state index is -4.26. The van der Waals surface area contributed by atoms with E-state index in [-0.39, 0.29) is 13.2 Å². The Labute approximate surface area is 86.4 Å². The lowest BCUT2D eigenvalue weighted by atomic mass is 10.8. The van der Waals surface area contributed by atoms with E-state index in [0.29, 0.717) is 0 Å². The van der Waals surface area contributed by atoms with Crippen LogP contribution in [0.5, 0.6) is 0 Å². The molecule has 0 aromatic heterocycles. The summed E-state index contributed by atoms with van der Waals surface area (Å²) >= 11 is 0. The van der Waals surface area contributed by atoms with E-state index >= 15 is 0 Å². The van der Waals surface area contributed by atoms with Gasteiger partial charge in [0, 0.05) is 11.6 Å². The summed E-state index contributed by atoms with van der Waals surface area (Å²) in [5, 5.41) is 0. The lowest BCUT2D eigenvalue weighted by Crippen LogP contribution is -1.96. The largest absolute Gasteiger partial charge is 0.577 e. The third-order valence-corrected chi connectivity index (χ3v) is 3.81. The number of methoxy groups -OCH3 is 1. The van der Waals surface area contributed by atoms with Crippen LogP contribution >= 0.6 is 25.5 Å². The Morgan fingerprint density at radius 3 is 2.40 bits per heavy atom. The van der Waals surface area contributed by atoms with Crippen LogP contribution in [0.15, 0.2) is 4.52 Å². The number of nitrogens with zero attached hydrogens (tertiary/aromatic N) is 2. The van der Waals surface area contributed by atoms with Crippen LogP contribution in [-0.2, 0) is 9.26 Å². The zero-order valence-electron chi connectivity index (χ0n) is 7.36. The average Bonchev–Trinajstić information content (AvgIpc) is 2.16. The Bertz CT molecular complexity index is 210. The van der Waals surface area contributed by atoms with Crippen molar-refractivity contribution in [3.05, 3.63) is 0 Å². The maximum atomic E-state index is 12.6. The summed E-state index contributed by atoms with van der Waals surface area (Å²) in [7, 11) is -9.71. The van der Waals surface area contributed by atoms with Gasteiger partial charge in [0.1, 0.15) is 0 Å². The zero-order valence-corrected chi connectivity index (χ0v) is 10.0. The molecule has 0 aliphatic rings. The second-order valence-corrected chi connectivity index (χ2v) is 5.19. The fourth-order valence-electron chi connectivity index (χ4n) is 0.369. The minimum absolute atomic E-state index is 0.0424. The molecule has 0 saturated carbocycles. The van der Waals surface area contributed by atoms with Crippen LogP contribution in [0.3, 0.4) is 0 Å². The van der Waals surface area contributed by atoms with Crippen LogP contribution in [0.1, 0.15) is 0 Å². The van der Waals surface area contributed by atoms with Gasteiger partial charge in [0.25, 0.3) is 0 Å². The Balaban J connectivity index is 3.99. The third kappa shape index (κ3) is 7.39. The summed E-state index contributed by atoms with van der Waals surface area (Å²) in [4.78, 5) is 0. The summed E-state index contributed by atoms with van der Waals surface area (Å²) < 4.78 is 70.1. The second-order valence-electron chi connectivity index (χ2n) is 1.84. The molecule has 0 aromatic rings. The van der Waals surface area contributed by atoms with Crippen molar-refractivity contribution in [1.29, 1.82) is 0 Å². The van der Waals surface area contributed by atoms with Gasteiger partial charge in [0.05, 0.1) is 17.4 Å². The van der Waals surface area contributed by atoms with E-state index in [9.17, 15) is 21.3 Å². The smallest absolute Gasteiger partial charge is 0.382 e. The molecule has 0 aliphatic carbocycles. The number of rotatable bonds is 7. The van der Waals surface area contributed by atoms with Gasteiger partial charge < -0.3 is 9.26 Å². The van der Waals surface area contributed by atoms with Crippen LogP contribution in [0.25, 0.3) is 0 Å². The van der Waals surface area contributed by atoms with E-state index < -0.39 is 30.1 Å². The van der Waals surface area contributed by atoms with E-state index in [4.69, 9.17) is 0 Å². The van der Waals surface area contributed by atoms with Gasteiger partial charge in [-0.2, -0.15) is 12.6 Å². The van der Waals surface area contributed by atoms with Crippen molar-refractivity contribution in [3.63, 3.8) is 0 Å². The number of hydrogen-bond donors (Lipinski definition) is 0. The van der Waals surface area contributed by atoms with Crippen molar-refractivity contribution in [2.75, 3.05) is 20.3 Å². The van der Waals surface area contributed by atoms with Crippen LogP contribution in [0.4, 0.5) is 21.3 Å². The molecule has 0 aliphatic heterocycles.